The van der Waals surface area contributed by atoms with E-state index in [2.05, 4.69) is 36.2 Å². The first-order valence-corrected chi connectivity index (χ1v) is 9.47. The van der Waals surface area contributed by atoms with E-state index in [9.17, 15) is 4.79 Å². The number of amides is 1. The minimum atomic E-state index is -0.0162. The molecule has 136 valence electrons. The number of benzene rings is 1. The van der Waals surface area contributed by atoms with E-state index < -0.39 is 0 Å². The minimum Gasteiger partial charge on any atom is -0.381 e. The Balaban J connectivity index is 1.62. The van der Waals surface area contributed by atoms with Gasteiger partial charge in [0.2, 0.25) is 5.91 Å². The van der Waals surface area contributed by atoms with Gasteiger partial charge in [0.1, 0.15) is 0 Å². The average molecular weight is 344 g/mol. The number of nitrogens with one attached hydrogen (secondary N) is 1. The lowest BCUT2D eigenvalue weighted by molar-refractivity contribution is -0.119. The predicted molar refractivity (Wildman–Crippen MR) is 98.2 cm³/mol. The van der Waals surface area contributed by atoms with Gasteiger partial charge in [-0.25, -0.2) is 0 Å². The Labute approximate surface area is 149 Å². The van der Waals surface area contributed by atoms with Gasteiger partial charge in [-0.05, 0) is 56.9 Å². The number of ether oxygens (including phenoxy) is 2. The smallest absolute Gasteiger partial charge is 0.229 e. The molecular formula is C20H28N2O3. The number of fused-ring (bicyclic) bond motifs is 2. The molecule has 3 aliphatic heterocycles. The molecule has 1 N–H and O–H groups in total. The first kappa shape index (κ1) is 16.9. The molecule has 1 aromatic rings. The van der Waals surface area contributed by atoms with Crippen molar-refractivity contribution >= 4 is 17.3 Å². The van der Waals surface area contributed by atoms with Crippen LogP contribution < -0.4 is 10.2 Å². The highest BCUT2D eigenvalue weighted by molar-refractivity contribution is 5.93. The Hall–Kier alpha value is -1.59. The normalized spacial score (nSPS) is 24.8. The number of nitrogens with zero attached hydrogens (tertiary/aromatic N) is 1. The van der Waals surface area contributed by atoms with E-state index in [4.69, 9.17) is 9.47 Å². The molecule has 0 aromatic heterocycles. The molecule has 1 unspecified atom stereocenters. The van der Waals surface area contributed by atoms with Crippen molar-refractivity contribution in [3.63, 3.8) is 0 Å². The Morgan fingerprint density at radius 2 is 2.04 bits per heavy atom. The Morgan fingerprint density at radius 3 is 2.72 bits per heavy atom. The Kier molecular flexibility index (Phi) is 4.46. The van der Waals surface area contributed by atoms with Crippen molar-refractivity contribution in [3.05, 3.63) is 23.8 Å². The number of carbonyl (C=O) groups is 1. The van der Waals surface area contributed by atoms with Crippen LogP contribution >= 0.6 is 0 Å². The van der Waals surface area contributed by atoms with Crippen LogP contribution in [0.15, 0.2) is 18.2 Å². The number of carbonyl (C=O) groups excluding carboxylic acids is 1. The number of hydrogen-bond acceptors (Lipinski definition) is 4. The van der Waals surface area contributed by atoms with Gasteiger partial charge in [-0.15, -0.1) is 0 Å². The van der Waals surface area contributed by atoms with Crippen LogP contribution in [-0.4, -0.2) is 44.9 Å². The Morgan fingerprint density at radius 1 is 1.24 bits per heavy atom. The number of rotatable bonds is 3. The summed E-state index contributed by atoms with van der Waals surface area (Å²) in [5, 5.41) is 3.11. The van der Waals surface area contributed by atoms with E-state index in [0.717, 1.165) is 44.7 Å². The number of anilines is 2. The van der Waals surface area contributed by atoms with Gasteiger partial charge >= 0.3 is 0 Å². The molecule has 1 amide bonds. The molecule has 0 bridgehead atoms. The van der Waals surface area contributed by atoms with Gasteiger partial charge in [-0.1, -0.05) is 0 Å². The standard InChI is InChI=1S/C20H28N2O3/c1-14(2)22-13-20(6-9-24-10-7-20)17-11-16(3-4-18(17)22)21-19(23)15-5-8-25-12-15/h3-4,11,14-15H,5-10,12-13H2,1-2H3,(H,21,23). The van der Waals surface area contributed by atoms with Gasteiger partial charge in [0.25, 0.3) is 0 Å². The van der Waals surface area contributed by atoms with Gasteiger partial charge in [-0.2, -0.15) is 0 Å². The average Bonchev–Trinajstić information content (AvgIpc) is 3.24. The minimum absolute atomic E-state index is 0.0162. The summed E-state index contributed by atoms with van der Waals surface area (Å²) in [5.74, 6) is 0.0645. The second-order valence-electron chi connectivity index (χ2n) is 7.90. The molecule has 0 aliphatic carbocycles. The van der Waals surface area contributed by atoms with E-state index in [1.165, 1.54) is 11.3 Å². The molecule has 5 nitrogen and oxygen atoms in total. The zero-order valence-electron chi connectivity index (χ0n) is 15.2. The summed E-state index contributed by atoms with van der Waals surface area (Å²) in [7, 11) is 0. The van der Waals surface area contributed by atoms with E-state index in [1.807, 2.05) is 6.07 Å². The molecule has 1 atom stereocenters. The third-order valence-electron chi connectivity index (χ3n) is 5.99. The monoisotopic (exact) mass is 344 g/mol. The first-order valence-electron chi connectivity index (χ1n) is 9.47. The van der Waals surface area contributed by atoms with Gasteiger partial charge in [0.15, 0.2) is 0 Å². The van der Waals surface area contributed by atoms with Crippen molar-refractivity contribution in [2.75, 3.05) is 43.2 Å². The first-order chi connectivity index (χ1) is 12.1. The van der Waals surface area contributed by atoms with Gasteiger partial charge < -0.3 is 19.7 Å². The van der Waals surface area contributed by atoms with Gasteiger partial charge in [-0.3, -0.25) is 4.79 Å². The third kappa shape index (κ3) is 3.04. The van der Waals surface area contributed by atoms with Crippen LogP contribution in [0.1, 0.15) is 38.7 Å². The molecule has 2 saturated heterocycles. The summed E-state index contributed by atoms with van der Waals surface area (Å²) in [6, 6.07) is 6.90. The summed E-state index contributed by atoms with van der Waals surface area (Å²) in [5.41, 5.74) is 3.77. The van der Waals surface area contributed by atoms with Crippen LogP contribution in [0, 0.1) is 5.92 Å². The van der Waals surface area contributed by atoms with Crippen molar-refractivity contribution in [1.29, 1.82) is 0 Å². The molecule has 3 heterocycles. The molecule has 0 radical (unpaired) electrons. The van der Waals surface area contributed by atoms with Crippen molar-refractivity contribution in [3.8, 4) is 0 Å². The van der Waals surface area contributed by atoms with Crippen molar-refractivity contribution in [1.82, 2.24) is 0 Å². The van der Waals surface area contributed by atoms with Crippen LogP contribution in [0.2, 0.25) is 0 Å². The maximum absolute atomic E-state index is 12.4. The summed E-state index contributed by atoms with van der Waals surface area (Å²) in [6.45, 7) is 8.42. The molecule has 25 heavy (non-hydrogen) atoms. The Bertz CT molecular complexity index is 646. The maximum atomic E-state index is 12.4. The fourth-order valence-electron chi connectivity index (χ4n) is 4.42. The molecule has 1 spiro atoms. The molecule has 5 heteroatoms. The van der Waals surface area contributed by atoms with Crippen molar-refractivity contribution < 1.29 is 14.3 Å². The fraction of sp³-hybridized carbons (Fsp3) is 0.650. The molecule has 3 aliphatic rings. The van der Waals surface area contributed by atoms with E-state index in [1.54, 1.807) is 0 Å². The second-order valence-corrected chi connectivity index (χ2v) is 7.90. The highest BCUT2D eigenvalue weighted by Crippen LogP contribution is 2.48. The van der Waals surface area contributed by atoms with Gasteiger partial charge in [0, 0.05) is 49.2 Å². The maximum Gasteiger partial charge on any atom is 0.229 e. The zero-order chi connectivity index (χ0) is 17.4. The lowest BCUT2D eigenvalue weighted by Crippen LogP contribution is -2.40. The summed E-state index contributed by atoms with van der Waals surface area (Å²) < 4.78 is 11.0. The SMILES string of the molecule is CC(C)N1CC2(CCOCC2)c2cc(NC(=O)C3CCOC3)ccc21. The van der Waals surface area contributed by atoms with E-state index in [0.29, 0.717) is 19.3 Å². The largest absolute Gasteiger partial charge is 0.381 e. The predicted octanol–water partition coefficient (Wildman–Crippen LogP) is 2.94. The molecular weight excluding hydrogens is 316 g/mol. The van der Waals surface area contributed by atoms with Crippen molar-refractivity contribution in [2.45, 2.75) is 44.6 Å². The summed E-state index contributed by atoms with van der Waals surface area (Å²) in [6.07, 6.45) is 2.92. The third-order valence-corrected chi connectivity index (χ3v) is 5.99. The lowest BCUT2D eigenvalue weighted by atomic mass is 9.75. The molecule has 0 saturated carbocycles. The second kappa shape index (κ2) is 6.61. The van der Waals surface area contributed by atoms with Crippen LogP contribution in [0.25, 0.3) is 0 Å². The lowest BCUT2D eigenvalue weighted by Gasteiger charge is -2.35. The van der Waals surface area contributed by atoms with Crippen LogP contribution in [0.3, 0.4) is 0 Å². The highest BCUT2D eigenvalue weighted by Gasteiger charge is 2.44. The fourth-order valence-corrected chi connectivity index (χ4v) is 4.42. The number of hydrogen-bond donors (Lipinski definition) is 1. The van der Waals surface area contributed by atoms with E-state index >= 15 is 0 Å². The van der Waals surface area contributed by atoms with Crippen LogP contribution in [0.4, 0.5) is 11.4 Å². The molecule has 1 aromatic carbocycles. The molecule has 4 rings (SSSR count). The van der Waals surface area contributed by atoms with Crippen LogP contribution in [0.5, 0.6) is 0 Å². The van der Waals surface area contributed by atoms with Gasteiger partial charge in [0.05, 0.1) is 12.5 Å². The van der Waals surface area contributed by atoms with E-state index in [-0.39, 0.29) is 17.2 Å². The topological polar surface area (TPSA) is 50.8 Å². The molecule has 2 fully saturated rings. The summed E-state index contributed by atoms with van der Waals surface area (Å²) >= 11 is 0. The highest BCUT2D eigenvalue weighted by atomic mass is 16.5. The summed E-state index contributed by atoms with van der Waals surface area (Å²) in [4.78, 5) is 14.9. The van der Waals surface area contributed by atoms with Crippen molar-refractivity contribution in [2.24, 2.45) is 5.92 Å². The zero-order valence-corrected chi connectivity index (χ0v) is 15.2. The quantitative estimate of drug-likeness (QED) is 0.916. The van der Waals surface area contributed by atoms with Crippen LogP contribution in [-0.2, 0) is 19.7 Å².